The smallest absolute Gasteiger partial charge is 0.328 e. The molecule has 0 amide bonds. The maximum absolute atomic E-state index is 13.3. The summed E-state index contributed by atoms with van der Waals surface area (Å²) in [6.07, 6.45) is 1.94. The largest absolute Gasteiger partial charge is 0.467 e. The first-order valence-electron chi connectivity index (χ1n) is 5.52. The lowest BCUT2D eigenvalue weighted by atomic mass is 10.1. The van der Waals surface area contributed by atoms with Gasteiger partial charge in [-0.1, -0.05) is 23.2 Å². The van der Waals surface area contributed by atoms with Crippen molar-refractivity contribution in [3.63, 3.8) is 0 Å². The molecule has 0 heterocycles. The van der Waals surface area contributed by atoms with E-state index in [1.54, 1.807) is 0 Å². The topological polar surface area (TPSA) is 38.3 Å². The Balaban J connectivity index is 2.18. The Morgan fingerprint density at radius 1 is 1.44 bits per heavy atom. The number of halogens is 3. The van der Waals surface area contributed by atoms with Crippen LogP contribution >= 0.6 is 23.2 Å². The van der Waals surface area contributed by atoms with Gasteiger partial charge >= 0.3 is 5.97 Å². The number of hydrogen-bond donors (Lipinski definition) is 1. The van der Waals surface area contributed by atoms with E-state index >= 15 is 0 Å². The summed E-state index contributed by atoms with van der Waals surface area (Å²) >= 11 is 11.4. The molecule has 0 aromatic heterocycles. The molecule has 2 rings (SSSR count). The average Bonchev–Trinajstić information content (AvgIpc) is 3.16. The predicted octanol–water partition coefficient (Wildman–Crippen LogP) is 3.50. The van der Waals surface area contributed by atoms with E-state index in [4.69, 9.17) is 27.9 Å². The van der Waals surface area contributed by atoms with Gasteiger partial charge in [0.05, 0.1) is 17.2 Å². The number of anilines is 1. The van der Waals surface area contributed by atoms with Gasteiger partial charge in [-0.25, -0.2) is 9.18 Å². The summed E-state index contributed by atoms with van der Waals surface area (Å²) in [7, 11) is 1.34. The molecule has 0 aliphatic heterocycles. The summed E-state index contributed by atoms with van der Waals surface area (Å²) in [4.78, 5) is 11.6. The van der Waals surface area contributed by atoms with E-state index in [-0.39, 0.29) is 21.9 Å². The van der Waals surface area contributed by atoms with E-state index in [9.17, 15) is 9.18 Å². The third-order valence-electron chi connectivity index (χ3n) is 2.85. The minimum atomic E-state index is -0.662. The zero-order valence-electron chi connectivity index (χ0n) is 9.67. The molecule has 1 unspecified atom stereocenters. The molecule has 98 valence electrons. The summed E-state index contributed by atoms with van der Waals surface area (Å²) < 4.78 is 18.0. The molecule has 0 radical (unpaired) electrons. The first-order valence-corrected chi connectivity index (χ1v) is 6.27. The van der Waals surface area contributed by atoms with Crippen molar-refractivity contribution < 1.29 is 13.9 Å². The number of carbonyl (C=O) groups is 1. The second-order valence-electron chi connectivity index (χ2n) is 4.24. The van der Waals surface area contributed by atoms with Crippen LogP contribution in [0.1, 0.15) is 12.8 Å². The van der Waals surface area contributed by atoms with E-state index in [2.05, 4.69) is 5.32 Å². The molecule has 1 atom stereocenters. The van der Waals surface area contributed by atoms with Crippen molar-refractivity contribution in [3.05, 3.63) is 28.0 Å². The highest BCUT2D eigenvalue weighted by molar-refractivity contribution is 6.35. The van der Waals surface area contributed by atoms with Crippen LogP contribution in [-0.2, 0) is 9.53 Å². The summed E-state index contributed by atoms with van der Waals surface area (Å²) in [6.45, 7) is 0. The monoisotopic (exact) mass is 291 g/mol. The molecule has 0 bridgehead atoms. The highest BCUT2D eigenvalue weighted by atomic mass is 35.5. The van der Waals surface area contributed by atoms with Crippen LogP contribution in [0.4, 0.5) is 10.1 Å². The highest BCUT2D eigenvalue weighted by Crippen LogP contribution is 2.36. The van der Waals surface area contributed by atoms with E-state index in [0.717, 1.165) is 12.8 Å². The summed E-state index contributed by atoms with van der Waals surface area (Å²) in [5, 5.41) is 2.83. The van der Waals surface area contributed by atoms with E-state index < -0.39 is 11.9 Å². The third-order valence-corrected chi connectivity index (χ3v) is 3.40. The van der Waals surface area contributed by atoms with Gasteiger partial charge in [0.1, 0.15) is 6.04 Å². The van der Waals surface area contributed by atoms with Gasteiger partial charge in [0.2, 0.25) is 0 Å². The van der Waals surface area contributed by atoms with Crippen LogP contribution in [0.15, 0.2) is 12.1 Å². The Kier molecular flexibility index (Phi) is 3.97. The SMILES string of the molecule is COC(=O)C(Nc1cc(Cl)c(F)c(Cl)c1)C1CC1. The van der Waals surface area contributed by atoms with Crippen LogP contribution in [0.5, 0.6) is 0 Å². The van der Waals surface area contributed by atoms with Gasteiger partial charge in [-0.3, -0.25) is 0 Å². The normalized spacial score (nSPS) is 16.2. The number of ether oxygens (including phenoxy) is 1. The van der Waals surface area contributed by atoms with Gasteiger partial charge in [-0.15, -0.1) is 0 Å². The molecule has 6 heteroatoms. The number of esters is 1. The van der Waals surface area contributed by atoms with Crippen molar-refractivity contribution in [3.8, 4) is 0 Å². The molecule has 1 aromatic carbocycles. The Morgan fingerprint density at radius 2 is 2.00 bits per heavy atom. The number of rotatable bonds is 4. The van der Waals surface area contributed by atoms with Crippen LogP contribution in [0.2, 0.25) is 10.0 Å². The predicted molar refractivity (Wildman–Crippen MR) is 68.6 cm³/mol. The van der Waals surface area contributed by atoms with E-state index in [1.165, 1.54) is 19.2 Å². The number of hydrogen-bond acceptors (Lipinski definition) is 3. The molecule has 1 fully saturated rings. The van der Waals surface area contributed by atoms with Crippen molar-refractivity contribution in [1.29, 1.82) is 0 Å². The molecule has 18 heavy (non-hydrogen) atoms. The third kappa shape index (κ3) is 2.87. The molecule has 1 N–H and O–H groups in total. The number of carbonyl (C=O) groups excluding carboxylic acids is 1. The van der Waals surface area contributed by atoms with Crippen LogP contribution in [-0.4, -0.2) is 19.1 Å². The van der Waals surface area contributed by atoms with Gasteiger partial charge in [-0.05, 0) is 30.9 Å². The van der Waals surface area contributed by atoms with Crippen LogP contribution in [0.25, 0.3) is 0 Å². The fourth-order valence-corrected chi connectivity index (χ4v) is 2.23. The maximum Gasteiger partial charge on any atom is 0.328 e. The molecule has 3 nitrogen and oxygen atoms in total. The van der Waals surface area contributed by atoms with Crippen molar-refractivity contribution >= 4 is 34.9 Å². The summed E-state index contributed by atoms with van der Waals surface area (Å²) in [5.41, 5.74) is 0.508. The van der Waals surface area contributed by atoms with Crippen molar-refractivity contribution in [2.24, 2.45) is 5.92 Å². The van der Waals surface area contributed by atoms with Gasteiger partial charge in [0.25, 0.3) is 0 Å². The average molecular weight is 292 g/mol. The molecule has 1 aliphatic carbocycles. The summed E-state index contributed by atoms with van der Waals surface area (Å²) in [6, 6.07) is 2.37. The zero-order chi connectivity index (χ0) is 13.3. The second kappa shape index (κ2) is 5.33. The highest BCUT2D eigenvalue weighted by Gasteiger charge is 2.37. The summed E-state index contributed by atoms with van der Waals surface area (Å²) in [5.74, 6) is -0.751. The minimum Gasteiger partial charge on any atom is -0.467 e. The van der Waals surface area contributed by atoms with Crippen molar-refractivity contribution in [2.45, 2.75) is 18.9 Å². The molecule has 1 saturated carbocycles. The Morgan fingerprint density at radius 3 is 2.44 bits per heavy atom. The lowest BCUT2D eigenvalue weighted by Gasteiger charge is -2.17. The molecular weight excluding hydrogens is 280 g/mol. The molecule has 1 aliphatic rings. The number of benzene rings is 1. The molecule has 0 saturated heterocycles. The first kappa shape index (κ1) is 13.4. The zero-order valence-corrected chi connectivity index (χ0v) is 11.2. The first-order chi connectivity index (χ1) is 8.52. The Bertz CT molecular complexity index is 454. The fourth-order valence-electron chi connectivity index (χ4n) is 1.74. The van der Waals surface area contributed by atoms with Gasteiger partial charge in [0, 0.05) is 5.69 Å². The number of methoxy groups -OCH3 is 1. The van der Waals surface area contributed by atoms with Crippen LogP contribution in [0.3, 0.4) is 0 Å². The quantitative estimate of drug-likeness (QED) is 0.682. The molecule has 1 aromatic rings. The van der Waals surface area contributed by atoms with Crippen molar-refractivity contribution in [1.82, 2.24) is 0 Å². The maximum atomic E-state index is 13.3. The Hall–Kier alpha value is -1.00. The molecular formula is C12H12Cl2FNO2. The number of nitrogens with one attached hydrogen (secondary N) is 1. The van der Waals surface area contributed by atoms with E-state index in [0.29, 0.717) is 5.69 Å². The second-order valence-corrected chi connectivity index (χ2v) is 5.05. The van der Waals surface area contributed by atoms with E-state index in [1.807, 2.05) is 0 Å². The van der Waals surface area contributed by atoms with Gasteiger partial charge < -0.3 is 10.1 Å². The van der Waals surface area contributed by atoms with Crippen LogP contribution in [0, 0.1) is 11.7 Å². The minimum absolute atomic E-state index is 0.0792. The van der Waals surface area contributed by atoms with Gasteiger partial charge in [-0.2, -0.15) is 0 Å². The van der Waals surface area contributed by atoms with Crippen molar-refractivity contribution in [2.75, 3.05) is 12.4 Å². The fraction of sp³-hybridized carbons (Fsp3) is 0.417. The molecule has 0 spiro atoms. The Labute approximate surface area is 114 Å². The lowest BCUT2D eigenvalue weighted by molar-refractivity contribution is -0.142. The van der Waals surface area contributed by atoms with Crippen LogP contribution < -0.4 is 5.32 Å². The standard InChI is InChI=1S/C12H12Cl2FNO2/c1-18-12(17)11(6-2-3-6)16-7-4-8(13)10(15)9(14)5-7/h4-6,11,16H,2-3H2,1H3. The lowest BCUT2D eigenvalue weighted by Crippen LogP contribution is -2.32. The van der Waals surface area contributed by atoms with Gasteiger partial charge in [0.15, 0.2) is 5.82 Å².